The van der Waals surface area contributed by atoms with Crippen LogP contribution in [-0.4, -0.2) is 122 Å². The lowest BCUT2D eigenvalue weighted by Gasteiger charge is -2.25. The number of aromatic nitrogens is 8. The molecular formula is C42H46Cl2F6N10O2. The van der Waals surface area contributed by atoms with Crippen molar-refractivity contribution in [1.29, 1.82) is 0 Å². The Balaban J connectivity index is 0.000000198. The lowest BCUT2D eigenvalue weighted by Crippen LogP contribution is -2.38. The van der Waals surface area contributed by atoms with E-state index in [1.165, 1.54) is 24.3 Å². The van der Waals surface area contributed by atoms with Crippen LogP contribution in [-0.2, 0) is 41.2 Å². The molecule has 332 valence electrons. The zero-order valence-corrected chi connectivity index (χ0v) is 35.1. The number of alkyl halides is 7. The van der Waals surface area contributed by atoms with E-state index in [2.05, 4.69) is 45.8 Å². The highest BCUT2D eigenvalue weighted by Crippen LogP contribution is 2.31. The van der Waals surface area contributed by atoms with Gasteiger partial charge in [0.25, 0.3) is 0 Å². The molecule has 0 aliphatic carbocycles. The van der Waals surface area contributed by atoms with Gasteiger partial charge in [-0.1, -0.05) is 72.8 Å². The summed E-state index contributed by atoms with van der Waals surface area (Å²) in [6.45, 7) is 9.59. The normalized spacial score (nSPS) is 14.8. The van der Waals surface area contributed by atoms with Gasteiger partial charge in [-0.2, -0.15) is 36.4 Å². The summed E-state index contributed by atoms with van der Waals surface area (Å²) in [7, 11) is 0. The van der Waals surface area contributed by atoms with Crippen LogP contribution in [0.2, 0.25) is 0 Å². The summed E-state index contributed by atoms with van der Waals surface area (Å²) in [6, 6.07) is 25.5. The van der Waals surface area contributed by atoms with Crippen molar-refractivity contribution >= 4 is 24.0 Å². The highest BCUT2D eigenvalue weighted by Gasteiger charge is 2.31. The topological polar surface area (TPSA) is 123 Å². The monoisotopic (exact) mass is 906 g/mol. The molecule has 2 aromatic heterocycles. The molecule has 2 aliphatic rings. The molecule has 62 heavy (non-hydrogen) atoms. The average molecular weight is 908 g/mol. The Morgan fingerprint density at radius 3 is 1.50 bits per heavy atom. The first-order valence-electron chi connectivity index (χ1n) is 19.6. The second-order valence-corrected chi connectivity index (χ2v) is 14.5. The number of morpholine rings is 2. The molecule has 2 fully saturated rings. The van der Waals surface area contributed by atoms with Crippen molar-refractivity contribution in [1.82, 2.24) is 50.6 Å². The Kier molecular flexibility index (Phi) is 18.2. The number of rotatable bonds is 11. The van der Waals surface area contributed by atoms with Crippen molar-refractivity contribution in [2.45, 2.75) is 31.7 Å². The molecule has 8 rings (SSSR count). The van der Waals surface area contributed by atoms with Crippen molar-refractivity contribution in [3.8, 4) is 22.8 Å². The fourth-order valence-corrected chi connectivity index (χ4v) is 6.81. The van der Waals surface area contributed by atoms with Crippen LogP contribution in [0.4, 0.5) is 26.3 Å². The Labute approximate surface area is 366 Å². The molecule has 0 radical (unpaired) electrons. The molecule has 0 amide bonds. The lowest BCUT2D eigenvalue weighted by molar-refractivity contribution is -0.138. The largest absolute Gasteiger partial charge is 0.416 e. The molecule has 12 nitrogen and oxygen atoms in total. The van der Waals surface area contributed by atoms with E-state index in [-0.39, 0.29) is 12.4 Å². The summed E-state index contributed by atoms with van der Waals surface area (Å²) in [5.74, 6) is 1.71. The van der Waals surface area contributed by atoms with Crippen molar-refractivity contribution in [3.63, 3.8) is 0 Å². The molecule has 0 bridgehead atoms. The van der Waals surface area contributed by atoms with Crippen LogP contribution in [0.3, 0.4) is 0 Å². The van der Waals surface area contributed by atoms with E-state index < -0.39 is 23.5 Å². The maximum absolute atomic E-state index is 12.8. The summed E-state index contributed by atoms with van der Waals surface area (Å²) < 4.78 is 86.6. The smallest absolute Gasteiger partial charge is 0.379 e. The van der Waals surface area contributed by atoms with E-state index in [1.807, 2.05) is 48.5 Å². The summed E-state index contributed by atoms with van der Waals surface area (Å²) in [5, 5.41) is 26.6. The average Bonchev–Trinajstić information content (AvgIpc) is 3.98. The summed E-state index contributed by atoms with van der Waals surface area (Å²) in [6.07, 6.45) is -7.68. The first kappa shape index (κ1) is 48.1. The second kappa shape index (κ2) is 23.5. The van der Waals surface area contributed by atoms with Crippen LogP contribution in [0.15, 0.2) is 97.1 Å². The van der Waals surface area contributed by atoms with Gasteiger partial charge in [-0.05, 0) is 69.8 Å². The standard InChI is InChI=1S/C21H22F3N5O.C15H11F3N4.C6H12ClNO.ClH/c22-21(23,24)18-7-5-16(6-8-18)15-17-3-1-2-4-19(17)20-25-27-29(26-20)10-9-28-11-13-30-14-12-28;16-15(17,18)12-7-5-10(6-8-12)9-11-3-1-2-4-13(11)14-19-21-22-20-14;7-1-2-8-3-5-9-6-4-8;/h1-8H,9-15H2;1-8H,9H2,(H,19,20,21,22);1-6H2;1H. The minimum absolute atomic E-state index is 0. The van der Waals surface area contributed by atoms with Crippen molar-refractivity contribution in [2.75, 3.05) is 71.6 Å². The van der Waals surface area contributed by atoms with E-state index in [9.17, 15) is 26.3 Å². The lowest BCUT2D eigenvalue weighted by atomic mass is 9.98. The number of halogens is 8. The highest BCUT2D eigenvalue weighted by molar-refractivity contribution is 6.18. The van der Waals surface area contributed by atoms with Gasteiger partial charge >= 0.3 is 12.4 Å². The number of ether oxygens (including phenoxy) is 2. The molecule has 2 saturated heterocycles. The molecule has 0 atom stereocenters. The quantitative estimate of drug-likeness (QED) is 0.102. The zero-order valence-electron chi connectivity index (χ0n) is 33.5. The number of nitrogens with one attached hydrogen (secondary N) is 1. The number of aromatic amines is 1. The van der Waals surface area contributed by atoms with Crippen molar-refractivity contribution in [3.05, 3.63) is 130 Å². The Hall–Kier alpha value is -4.98. The van der Waals surface area contributed by atoms with Crippen LogP contribution < -0.4 is 0 Å². The third-order valence-electron chi connectivity index (χ3n) is 9.89. The molecule has 6 aromatic rings. The first-order chi connectivity index (χ1) is 29.5. The van der Waals surface area contributed by atoms with Gasteiger partial charge in [0.15, 0.2) is 0 Å². The van der Waals surface area contributed by atoms with Crippen molar-refractivity contribution in [2.24, 2.45) is 0 Å². The van der Waals surface area contributed by atoms with Gasteiger partial charge in [-0.15, -0.1) is 44.4 Å². The van der Waals surface area contributed by atoms with E-state index in [0.717, 1.165) is 129 Å². The van der Waals surface area contributed by atoms with E-state index >= 15 is 0 Å². The van der Waals surface area contributed by atoms with Gasteiger partial charge in [0.1, 0.15) is 0 Å². The Morgan fingerprint density at radius 2 is 1.05 bits per heavy atom. The summed E-state index contributed by atoms with van der Waals surface area (Å²) in [5.41, 5.74) is 3.76. The minimum Gasteiger partial charge on any atom is -0.379 e. The van der Waals surface area contributed by atoms with Crippen molar-refractivity contribution < 1.29 is 35.8 Å². The number of benzene rings is 4. The van der Waals surface area contributed by atoms with E-state index in [1.54, 1.807) is 4.80 Å². The fraction of sp³-hybridized carbons (Fsp3) is 0.381. The van der Waals surface area contributed by atoms with E-state index in [0.29, 0.717) is 31.0 Å². The predicted octanol–water partition coefficient (Wildman–Crippen LogP) is 7.74. The molecular weight excluding hydrogens is 861 g/mol. The van der Waals surface area contributed by atoms with Gasteiger partial charge < -0.3 is 9.47 Å². The molecule has 0 unspecified atom stereocenters. The first-order valence-corrected chi connectivity index (χ1v) is 20.2. The number of H-pyrrole nitrogens is 1. The third-order valence-corrected chi connectivity index (χ3v) is 10.1. The summed E-state index contributed by atoms with van der Waals surface area (Å²) in [4.78, 5) is 6.20. The Morgan fingerprint density at radius 1 is 0.581 bits per heavy atom. The minimum atomic E-state index is -4.33. The fourth-order valence-electron chi connectivity index (χ4n) is 6.57. The number of nitrogens with zero attached hydrogens (tertiary/aromatic N) is 9. The number of tetrazole rings is 2. The molecule has 0 saturated carbocycles. The molecule has 1 N–H and O–H groups in total. The van der Waals surface area contributed by atoms with Crippen LogP contribution in [0.5, 0.6) is 0 Å². The second-order valence-electron chi connectivity index (χ2n) is 14.1. The summed E-state index contributed by atoms with van der Waals surface area (Å²) >= 11 is 5.55. The van der Waals surface area contributed by atoms with Gasteiger partial charge in [-0.3, -0.25) is 9.80 Å². The van der Waals surface area contributed by atoms with Crippen LogP contribution in [0.25, 0.3) is 22.8 Å². The van der Waals surface area contributed by atoms with Crippen LogP contribution in [0, 0.1) is 0 Å². The SMILES string of the molecule is Cl.ClCCN1CCOCC1.FC(F)(F)c1ccc(Cc2ccccc2-c2nn[nH]n2)cc1.FC(F)(F)c1ccc(Cc2ccccc2-c2nnn(CCN3CCOCC3)n2)cc1. The maximum Gasteiger partial charge on any atom is 0.416 e. The number of hydrogen-bond acceptors (Lipinski definition) is 10. The molecule has 4 heterocycles. The Bertz CT molecular complexity index is 2190. The maximum atomic E-state index is 12.8. The van der Waals surface area contributed by atoms with Crippen LogP contribution in [0.1, 0.15) is 33.4 Å². The molecule has 0 spiro atoms. The molecule has 4 aromatic carbocycles. The van der Waals surface area contributed by atoms with Gasteiger partial charge in [0, 0.05) is 56.3 Å². The van der Waals surface area contributed by atoms with Gasteiger partial charge in [0.05, 0.1) is 44.1 Å². The van der Waals surface area contributed by atoms with Crippen LogP contribution >= 0.6 is 24.0 Å². The third kappa shape index (κ3) is 14.6. The predicted molar refractivity (Wildman–Crippen MR) is 224 cm³/mol. The van der Waals surface area contributed by atoms with Gasteiger partial charge in [0.2, 0.25) is 11.6 Å². The molecule has 20 heteroatoms. The zero-order chi connectivity index (χ0) is 43.1. The number of hydrogen-bond donors (Lipinski definition) is 1. The highest BCUT2D eigenvalue weighted by atomic mass is 35.5. The van der Waals surface area contributed by atoms with Gasteiger partial charge in [-0.25, -0.2) is 0 Å². The molecule has 2 aliphatic heterocycles. The van der Waals surface area contributed by atoms with E-state index in [4.69, 9.17) is 21.1 Å².